The first-order chi connectivity index (χ1) is 10.7. The zero-order chi connectivity index (χ0) is 16.9. The van der Waals surface area contributed by atoms with Crippen molar-refractivity contribution in [2.45, 2.75) is 19.1 Å². The van der Waals surface area contributed by atoms with Gasteiger partial charge in [0.2, 0.25) is 10.0 Å². The molecule has 1 fully saturated rings. The predicted molar refractivity (Wildman–Crippen MR) is 83.0 cm³/mol. The highest BCUT2D eigenvalue weighted by Crippen LogP contribution is 2.41. The Morgan fingerprint density at radius 1 is 1.43 bits per heavy atom. The summed E-state index contributed by atoms with van der Waals surface area (Å²) in [5, 5.41) is 0. The van der Waals surface area contributed by atoms with Gasteiger partial charge >= 0.3 is 12.1 Å². The van der Waals surface area contributed by atoms with Gasteiger partial charge in [-0.05, 0) is 25.1 Å². The van der Waals surface area contributed by atoms with Crippen molar-refractivity contribution in [3.63, 3.8) is 0 Å². The van der Waals surface area contributed by atoms with Crippen LogP contribution in [0.15, 0.2) is 18.2 Å². The third-order valence-electron chi connectivity index (χ3n) is 3.78. The van der Waals surface area contributed by atoms with E-state index in [4.69, 9.17) is 10.5 Å². The van der Waals surface area contributed by atoms with Gasteiger partial charge in [0.1, 0.15) is 11.9 Å². The van der Waals surface area contributed by atoms with E-state index in [2.05, 4.69) is 4.72 Å². The standard InChI is InChI=1S/C13H16N4O5S/c1-7-10-6-16(12(14)18)13(19)17(10)9-5-8(15-23(2,20)21)3-4-11(9)22-7/h3-5,7,10,15H,6H2,1-2H3,(H2,14,18). The van der Waals surface area contributed by atoms with E-state index in [0.29, 0.717) is 17.1 Å². The van der Waals surface area contributed by atoms with Gasteiger partial charge in [0.25, 0.3) is 0 Å². The van der Waals surface area contributed by atoms with Crippen LogP contribution in [0.4, 0.5) is 21.0 Å². The molecule has 3 rings (SSSR count). The van der Waals surface area contributed by atoms with Crippen LogP contribution in [0.25, 0.3) is 0 Å². The molecule has 0 saturated carbocycles. The minimum atomic E-state index is -3.45. The van der Waals surface area contributed by atoms with Crippen molar-refractivity contribution in [2.24, 2.45) is 5.73 Å². The monoisotopic (exact) mass is 340 g/mol. The van der Waals surface area contributed by atoms with E-state index in [0.717, 1.165) is 11.2 Å². The molecule has 10 heteroatoms. The molecule has 2 unspecified atom stereocenters. The van der Waals surface area contributed by atoms with Gasteiger partial charge in [-0.1, -0.05) is 0 Å². The van der Waals surface area contributed by atoms with Crippen LogP contribution in [-0.4, -0.2) is 50.3 Å². The summed E-state index contributed by atoms with van der Waals surface area (Å²) in [5.41, 5.74) is 5.93. The van der Waals surface area contributed by atoms with Gasteiger partial charge in [-0.25, -0.2) is 22.9 Å². The second kappa shape index (κ2) is 5.01. The summed E-state index contributed by atoms with van der Waals surface area (Å²) >= 11 is 0. The van der Waals surface area contributed by atoms with E-state index in [1.807, 2.05) is 0 Å². The molecule has 2 heterocycles. The lowest BCUT2D eigenvalue weighted by Gasteiger charge is -2.35. The number of imide groups is 1. The molecule has 0 spiro atoms. The largest absolute Gasteiger partial charge is 0.486 e. The van der Waals surface area contributed by atoms with Crippen LogP contribution >= 0.6 is 0 Å². The van der Waals surface area contributed by atoms with Crippen molar-refractivity contribution in [2.75, 3.05) is 22.4 Å². The number of sulfonamides is 1. The Bertz CT molecular complexity index is 794. The average Bonchev–Trinajstić information content (AvgIpc) is 2.77. The maximum Gasteiger partial charge on any atom is 0.333 e. The molecule has 1 aromatic carbocycles. The fourth-order valence-corrected chi connectivity index (χ4v) is 3.36. The van der Waals surface area contributed by atoms with Gasteiger partial charge < -0.3 is 10.5 Å². The Morgan fingerprint density at radius 3 is 2.74 bits per heavy atom. The molecule has 3 N–H and O–H groups in total. The van der Waals surface area contributed by atoms with E-state index in [-0.39, 0.29) is 18.7 Å². The third kappa shape index (κ3) is 2.65. The lowest BCUT2D eigenvalue weighted by atomic mass is 10.1. The molecular formula is C13H16N4O5S. The summed E-state index contributed by atoms with van der Waals surface area (Å²) in [6.45, 7) is 1.92. The number of nitrogens with two attached hydrogens (primary N) is 1. The van der Waals surface area contributed by atoms with Crippen molar-refractivity contribution < 1.29 is 22.7 Å². The summed E-state index contributed by atoms with van der Waals surface area (Å²) in [6, 6.07) is 2.86. The number of nitrogens with one attached hydrogen (secondary N) is 1. The number of amides is 4. The Kier molecular flexibility index (Phi) is 3.36. The summed E-state index contributed by atoms with van der Waals surface area (Å²) < 4.78 is 30.8. The second-order valence-corrected chi connectivity index (χ2v) is 7.30. The molecule has 23 heavy (non-hydrogen) atoms. The first kappa shape index (κ1) is 15.4. The number of hydrogen-bond acceptors (Lipinski definition) is 5. The number of benzene rings is 1. The van der Waals surface area contributed by atoms with Crippen molar-refractivity contribution in [3.05, 3.63) is 18.2 Å². The van der Waals surface area contributed by atoms with Crippen LogP contribution in [0.5, 0.6) is 5.75 Å². The number of hydrogen-bond donors (Lipinski definition) is 2. The molecule has 2 atom stereocenters. The quantitative estimate of drug-likeness (QED) is 0.813. The molecule has 0 bridgehead atoms. The normalized spacial score (nSPS) is 23.1. The molecule has 2 aliphatic rings. The molecular weight excluding hydrogens is 324 g/mol. The molecule has 1 aromatic rings. The van der Waals surface area contributed by atoms with Crippen molar-refractivity contribution >= 4 is 33.5 Å². The van der Waals surface area contributed by atoms with Crippen LogP contribution in [-0.2, 0) is 10.0 Å². The van der Waals surface area contributed by atoms with Gasteiger partial charge in [-0.2, -0.15) is 0 Å². The van der Waals surface area contributed by atoms with Crippen LogP contribution in [0.2, 0.25) is 0 Å². The number of ether oxygens (including phenoxy) is 1. The van der Waals surface area contributed by atoms with E-state index < -0.39 is 22.1 Å². The predicted octanol–water partition coefficient (Wildman–Crippen LogP) is 0.528. The minimum Gasteiger partial charge on any atom is -0.486 e. The maximum atomic E-state index is 12.4. The van der Waals surface area contributed by atoms with Gasteiger partial charge in [0, 0.05) is 0 Å². The fourth-order valence-electron chi connectivity index (χ4n) is 2.80. The number of urea groups is 2. The summed E-state index contributed by atoms with van der Waals surface area (Å²) in [6.07, 6.45) is 0.702. The number of carbonyl (C=O) groups excluding carboxylic acids is 2. The SMILES string of the molecule is CC1Oc2ccc(NS(C)(=O)=O)cc2N2C(=O)N(C(N)=O)CC12. The topological polar surface area (TPSA) is 122 Å². The lowest BCUT2D eigenvalue weighted by molar-refractivity contribution is 0.175. The third-order valence-corrected chi connectivity index (χ3v) is 4.39. The molecule has 4 amide bonds. The number of nitrogens with zero attached hydrogens (tertiary/aromatic N) is 2. The number of rotatable bonds is 2. The van der Waals surface area contributed by atoms with Crippen molar-refractivity contribution in [1.82, 2.24) is 4.90 Å². The van der Waals surface area contributed by atoms with Gasteiger partial charge in [-0.15, -0.1) is 0 Å². The first-order valence-electron chi connectivity index (χ1n) is 6.86. The zero-order valence-corrected chi connectivity index (χ0v) is 13.3. The Hall–Kier alpha value is -2.49. The Labute approximate surface area is 133 Å². The highest BCUT2D eigenvalue weighted by molar-refractivity contribution is 7.92. The van der Waals surface area contributed by atoms with Crippen LogP contribution in [0.1, 0.15) is 6.92 Å². The van der Waals surface area contributed by atoms with Gasteiger partial charge in [-0.3, -0.25) is 9.62 Å². The minimum absolute atomic E-state index is 0.124. The Balaban J connectivity index is 2.04. The highest BCUT2D eigenvalue weighted by atomic mass is 32.2. The first-order valence-corrected chi connectivity index (χ1v) is 8.75. The Morgan fingerprint density at radius 2 is 2.13 bits per heavy atom. The molecule has 9 nitrogen and oxygen atoms in total. The molecule has 0 radical (unpaired) electrons. The molecule has 124 valence electrons. The smallest absolute Gasteiger partial charge is 0.333 e. The number of carbonyl (C=O) groups is 2. The lowest BCUT2D eigenvalue weighted by Crippen LogP contribution is -2.47. The number of anilines is 2. The number of primary amides is 1. The van der Waals surface area contributed by atoms with Crippen molar-refractivity contribution in [1.29, 1.82) is 0 Å². The van der Waals surface area contributed by atoms with E-state index in [9.17, 15) is 18.0 Å². The van der Waals surface area contributed by atoms with Crippen LogP contribution in [0.3, 0.4) is 0 Å². The van der Waals surface area contributed by atoms with Gasteiger partial charge in [0.15, 0.2) is 0 Å². The second-order valence-electron chi connectivity index (χ2n) is 5.55. The molecule has 2 aliphatic heterocycles. The number of fused-ring (bicyclic) bond motifs is 3. The van der Waals surface area contributed by atoms with E-state index >= 15 is 0 Å². The van der Waals surface area contributed by atoms with E-state index in [1.54, 1.807) is 19.1 Å². The maximum absolute atomic E-state index is 12.4. The highest BCUT2D eigenvalue weighted by Gasteiger charge is 2.47. The van der Waals surface area contributed by atoms with Crippen molar-refractivity contribution in [3.8, 4) is 5.75 Å². The zero-order valence-electron chi connectivity index (χ0n) is 12.5. The summed E-state index contributed by atoms with van der Waals surface area (Å²) in [4.78, 5) is 26.2. The molecule has 0 aromatic heterocycles. The molecule has 1 saturated heterocycles. The fraction of sp³-hybridized carbons (Fsp3) is 0.385. The summed E-state index contributed by atoms with van der Waals surface area (Å²) in [7, 11) is -3.45. The average molecular weight is 340 g/mol. The van der Waals surface area contributed by atoms with E-state index in [1.165, 1.54) is 11.0 Å². The summed E-state index contributed by atoms with van der Waals surface area (Å²) in [5.74, 6) is 0.437. The van der Waals surface area contributed by atoms with Gasteiger partial charge in [0.05, 0.1) is 30.2 Å². The molecule has 0 aliphatic carbocycles. The van der Waals surface area contributed by atoms with Crippen LogP contribution in [0, 0.1) is 0 Å². The van der Waals surface area contributed by atoms with Crippen LogP contribution < -0.4 is 20.1 Å².